The zero-order valence-electron chi connectivity index (χ0n) is 12.8. The number of nitrogens with one attached hydrogen (secondary N) is 1. The van der Waals surface area contributed by atoms with E-state index < -0.39 is 0 Å². The minimum absolute atomic E-state index is 0.760. The van der Waals surface area contributed by atoms with Gasteiger partial charge in [-0.25, -0.2) is 0 Å². The van der Waals surface area contributed by atoms with Crippen LogP contribution in [0.25, 0.3) is 0 Å². The van der Waals surface area contributed by atoms with Crippen LogP contribution < -0.4 is 10.2 Å². The van der Waals surface area contributed by atoms with Crippen LogP contribution in [0.2, 0.25) is 5.02 Å². The first-order valence-electron chi connectivity index (χ1n) is 7.49. The van der Waals surface area contributed by atoms with Crippen molar-refractivity contribution in [3.63, 3.8) is 0 Å². The lowest BCUT2D eigenvalue weighted by Crippen LogP contribution is -2.28. The predicted octanol–water partition coefficient (Wildman–Crippen LogP) is 2.84. The Morgan fingerprint density at radius 2 is 2.25 bits per heavy atom. The summed E-state index contributed by atoms with van der Waals surface area (Å²) in [4.78, 5) is 4.78. The molecule has 1 fully saturated rings. The molecular weight excluding hydrogens is 270 g/mol. The molecule has 0 bridgehead atoms. The Morgan fingerprint density at radius 3 is 2.90 bits per heavy atom. The number of nitrogens with zero attached hydrogens (tertiary/aromatic N) is 2. The third-order valence-electron chi connectivity index (χ3n) is 4.08. The summed E-state index contributed by atoms with van der Waals surface area (Å²) in [5.74, 6) is 0.760. The van der Waals surface area contributed by atoms with E-state index in [4.69, 9.17) is 11.6 Å². The normalized spacial score (nSPS) is 19.5. The van der Waals surface area contributed by atoms with E-state index >= 15 is 0 Å². The van der Waals surface area contributed by atoms with E-state index in [1.165, 1.54) is 30.8 Å². The maximum absolute atomic E-state index is 6.37. The second kappa shape index (κ2) is 7.30. The van der Waals surface area contributed by atoms with Gasteiger partial charge in [0.25, 0.3) is 0 Å². The molecule has 1 heterocycles. The molecule has 4 heteroatoms. The van der Waals surface area contributed by atoms with Gasteiger partial charge in [-0.1, -0.05) is 24.6 Å². The highest BCUT2D eigenvalue weighted by Crippen LogP contribution is 2.28. The van der Waals surface area contributed by atoms with Crippen molar-refractivity contribution < 1.29 is 0 Å². The molecule has 0 aromatic heterocycles. The van der Waals surface area contributed by atoms with Crippen molar-refractivity contribution in [2.75, 3.05) is 45.2 Å². The third-order valence-corrected chi connectivity index (χ3v) is 4.43. The van der Waals surface area contributed by atoms with E-state index in [-0.39, 0.29) is 0 Å². The molecule has 0 aliphatic carbocycles. The molecule has 1 aromatic rings. The largest absolute Gasteiger partial charge is 0.374 e. The van der Waals surface area contributed by atoms with Gasteiger partial charge in [0, 0.05) is 43.0 Å². The van der Waals surface area contributed by atoms with E-state index in [0.29, 0.717) is 0 Å². The lowest BCUT2D eigenvalue weighted by Gasteiger charge is -2.26. The van der Waals surface area contributed by atoms with Gasteiger partial charge in [0.15, 0.2) is 0 Å². The van der Waals surface area contributed by atoms with Crippen LogP contribution in [0.4, 0.5) is 5.69 Å². The Kier molecular flexibility index (Phi) is 5.70. The van der Waals surface area contributed by atoms with Crippen molar-refractivity contribution in [3.8, 4) is 0 Å². The van der Waals surface area contributed by atoms with Crippen LogP contribution in [-0.4, -0.2) is 45.2 Å². The molecule has 20 heavy (non-hydrogen) atoms. The van der Waals surface area contributed by atoms with Gasteiger partial charge in [0.05, 0.1) is 0 Å². The maximum Gasteiger partial charge on any atom is 0.0471 e. The van der Waals surface area contributed by atoms with Gasteiger partial charge in [-0.2, -0.15) is 0 Å². The highest BCUT2D eigenvalue weighted by molar-refractivity contribution is 6.31. The number of benzene rings is 1. The van der Waals surface area contributed by atoms with Gasteiger partial charge in [-0.3, -0.25) is 0 Å². The number of hydrogen-bond donors (Lipinski definition) is 1. The zero-order valence-corrected chi connectivity index (χ0v) is 13.6. The molecule has 3 nitrogen and oxygen atoms in total. The summed E-state index contributed by atoms with van der Waals surface area (Å²) >= 11 is 6.37. The Balaban J connectivity index is 2.08. The summed E-state index contributed by atoms with van der Waals surface area (Å²) in [5.41, 5.74) is 2.47. The van der Waals surface area contributed by atoms with E-state index in [9.17, 15) is 0 Å². The average molecular weight is 296 g/mol. The number of anilines is 1. The van der Waals surface area contributed by atoms with Gasteiger partial charge in [0.2, 0.25) is 0 Å². The first-order chi connectivity index (χ1) is 9.61. The van der Waals surface area contributed by atoms with Gasteiger partial charge in [0.1, 0.15) is 0 Å². The number of hydrogen-bond acceptors (Lipinski definition) is 3. The molecule has 1 N–H and O–H groups in total. The maximum atomic E-state index is 6.37. The van der Waals surface area contributed by atoms with Crippen LogP contribution in [0.5, 0.6) is 0 Å². The molecule has 0 radical (unpaired) electrons. The summed E-state index contributed by atoms with van der Waals surface area (Å²) in [7, 11) is 4.38. The van der Waals surface area contributed by atoms with Crippen molar-refractivity contribution in [1.82, 2.24) is 10.2 Å². The molecule has 0 amide bonds. The summed E-state index contributed by atoms with van der Waals surface area (Å²) in [6, 6.07) is 6.20. The lowest BCUT2D eigenvalue weighted by atomic mass is 10.1. The Labute approximate surface area is 127 Å². The van der Waals surface area contributed by atoms with E-state index in [2.05, 4.69) is 42.2 Å². The zero-order chi connectivity index (χ0) is 14.5. The molecule has 1 aromatic carbocycles. The second-order valence-electron chi connectivity index (χ2n) is 5.82. The molecule has 1 aliphatic rings. The minimum atomic E-state index is 0.760. The number of halogens is 1. The topological polar surface area (TPSA) is 18.5 Å². The molecule has 1 saturated heterocycles. The Bertz CT molecular complexity index is 436. The molecule has 112 valence electrons. The van der Waals surface area contributed by atoms with E-state index in [1.54, 1.807) is 0 Å². The SMILES string of the molecule is CCNCc1c(Cl)cccc1N(C)CC1CCN(C)C1. The van der Waals surface area contributed by atoms with Crippen molar-refractivity contribution in [2.24, 2.45) is 5.92 Å². The van der Waals surface area contributed by atoms with Crippen LogP contribution in [0.15, 0.2) is 18.2 Å². The Hall–Kier alpha value is -0.770. The third kappa shape index (κ3) is 3.87. The van der Waals surface area contributed by atoms with Gasteiger partial charge in [-0.15, -0.1) is 0 Å². The van der Waals surface area contributed by atoms with Crippen molar-refractivity contribution >= 4 is 17.3 Å². The van der Waals surface area contributed by atoms with Crippen LogP contribution in [0.1, 0.15) is 18.9 Å². The lowest BCUT2D eigenvalue weighted by molar-refractivity contribution is 0.396. The summed E-state index contributed by atoms with van der Waals surface area (Å²) in [6.45, 7) is 7.44. The fourth-order valence-corrected chi connectivity index (χ4v) is 3.23. The molecule has 0 spiro atoms. The standard InChI is InChI=1S/C16H26ClN3/c1-4-18-10-14-15(17)6-5-7-16(14)20(3)12-13-8-9-19(2)11-13/h5-7,13,18H,4,8-12H2,1-3H3. The van der Waals surface area contributed by atoms with Gasteiger partial charge in [-0.05, 0) is 44.6 Å². The fourth-order valence-electron chi connectivity index (χ4n) is 2.99. The highest BCUT2D eigenvalue weighted by atomic mass is 35.5. The quantitative estimate of drug-likeness (QED) is 0.871. The smallest absolute Gasteiger partial charge is 0.0471 e. The highest BCUT2D eigenvalue weighted by Gasteiger charge is 2.22. The number of rotatable bonds is 6. The van der Waals surface area contributed by atoms with E-state index in [1.807, 2.05) is 12.1 Å². The predicted molar refractivity (Wildman–Crippen MR) is 87.7 cm³/mol. The second-order valence-corrected chi connectivity index (χ2v) is 6.22. The molecule has 1 aliphatic heterocycles. The Morgan fingerprint density at radius 1 is 1.45 bits per heavy atom. The molecule has 1 atom stereocenters. The number of likely N-dealkylation sites (tertiary alicyclic amines) is 1. The molecule has 2 rings (SSSR count). The van der Waals surface area contributed by atoms with Gasteiger partial charge < -0.3 is 15.1 Å². The van der Waals surface area contributed by atoms with Crippen molar-refractivity contribution in [1.29, 1.82) is 0 Å². The molecule has 1 unspecified atom stereocenters. The fraction of sp³-hybridized carbons (Fsp3) is 0.625. The van der Waals surface area contributed by atoms with Crippen LogP contribution in [-0.2, 0) is 6.54 Å². The monoisotopic (exact) mass is 295 g/mol. The van der Waals surface area contributed by atoms with Crippen LogP contribution in [0.3, 0.4) is 0 Å². The molecule has 0 saturated carbocycles. The summed E-state index contributed by atoms with van der Waals surface area (Å²) in [6.07, 6.45) is 1.30. The van der Waals surface area contributed by atoms with E-state index in [0.717, 1.165) is 30.6 Å². The average Bonchev–Trinajstić information content (AvgIpc) is 2.82. The summed E-state index contributed by atoms with van der Waals surface area (Å²) < 4.78 is 0. The first-order valence-corrected chi connectivity index (χ1v) is 7.87. The minimum Gasteiger partial charge on any atom is -0.374 e. The van der Waals surface area contributed by atoms with Crippen molar-refractivity contribution in [3.05, 3.63) is 28.8 Å². The van der Waals surface area contributed by atoms with Gasteiger partial charge >= 0.3 is 0 Å². The first kappa shape index (κ1) is 15.6. The molecular formula is C16H26ClN3. The van der Waals surface area contributed by atoms with Crippen LogP contribution >= 0.6 is 11.6 Å². The van der Waals surface area contributed by atoms with Crippen LogP contribution in [0, 0.1) is 5.92 Å². The summed E-state index contributed by atoms with van der Waals surface area (Å²) in [5, 5.41) is 4.24. The van der Waals surface area contributed by atoms with Crippen molar-refractivity contribution in [2.45, 2.75) is 19.9 Å².